The van der Waals surface area contributed by atoms with E-state index in [0.29, 0.717) is 23.1 Å². The van der Waals surface area contributed by atoms with Crippen molar-refractivity contribution in [3.63, 3.8) is 0 Å². The maximum atomic E-state index is 14.7. The molecule has 3 atom stereocenters. The molecule has 3 heterocycles. The summed E-state index contributed by atoms with van der Waals surface area (Å²) in [4.78, 5) is 49.3. The number of hydrogen-bond donors (Lipinski definition) is 2. The summed E-state index contributed by atoms with van der Waals surface area (Å²) >= 11 is 0. The van der Waals surface area contributed by atoms with E-state index >= 15 is 0 Å². The lowest BCUT2D eigenvalue weighted by Gasteiger charge is -2.34. The number of imide groups is 1. The molecule has 0 saturated carbocycles. The highest BCUT2D eigenvalue weighted by atomic mass is 19.1. The second-order valence-electron chi connectivity index (χ2n) is 7.97. The van der Waals surface area contributed by atoms with Gasteiger partial charge in [0.25, 0.3) is 0 Å². The summed E-state index contributed by atoms with van der Waals surface area (Å²) in [5, 5.41) is 11.3. The molecule has 0 bridgehead atoms. The van der Waals surface area contributed by atoms with Gasteiger partial charge in [0, 0.05) is 32.5 Å². The third-order valence-electron chi connectivity index (χ3n) is 6.03. The van der Waals surface area contributed by atoms with Crippen molar-refractivity contribution in [1.82, 2.24) is 19.4 Å². The molecule has 2 aliphatic rings. The Morgan fingerprint density at radius 1 is 1.23 bits per heavy atom. The lowest BCUT2D eigenvalue weighted by Crippen LogP contribution is -2.44. The topological polar surface area (TPSA) is 114 Å². The van der Waals surface area contributed by atoms with Crippen molar-refractivity contribution in [3.05, 3.63) is 34.2 Å². The fourth-order valence-corrected chi connectivity index (χ4v) is 4.48. The molecule has 0 spiro atoms. The number of carboxylic acid groups (broad SMARTS) is 1. The maximum absolute atomic E-state index is 14.7. The number of halogens is 1. The molecule has 2 fully saturated rings. The number of fused-ring (bicyclic) bond motifs is 1. The highest BCUT2D eigenvalue weighted by Gasteiger charge is 2.33. The normalized spacial score (nSPS) is 25.5. The van der Waals surface area contributed by atoms with Crippen molar-refractivity contribution in [1.29, 1.82) is 0 Å². The zero-order valence-corrected chi connectivity index (χ0v) is 16.5. The van der Waals surface area contributed by atoms with E-state index in [0.717, 1.165) is 0 Å². The van der Waals surface area contributed by atoms with Crippen LogP contribution in [0, 0.1) is 0 Å². The molecule has 4 rings (SSSR count). The molecule has 3 unspecified atom stereocenters. The van der Waals surface area contributed by atoms with E-state index in [1.165, 1.54) is 9.13 Å². The van der Waals surface area contributed by atoms with Crippen LogP contribution in [0.4, 0.5) is 4.39 Å². The number of aliphatic carboxylic acids is 1. The first-order chi connectivity index (χ1) is 14.3. The molecule has 2 N–H and O–H groups in total. The van der Waals surface area contributed by atoms with Gasteiger partial charge in [0.15, 0.2) is 0 Å². The minimum atomic E-state index is -1.11. The van der Waals surface area contributed by atoms with E-state index in [1.807, 2.05) is 0 Å². The van der Waals surface area contributed by atoms with Crippen LogP contribution in [0.5, 0.6) is 0 Å². The van der Waals surface area contributed by atoms with Crippen molar-refractivity contribution in [2.75, 3.05) is 19.6 Å². The van der Waals surface area contributed by atoms with Crippen LogP contribution >= 0.6 is 0 Å². The number of aromatic nitrogens is 2. The first-order valence-electron chi connectivity index (χ1n) is 9.89. The fraction of sp³-hybridized carbons (Fsp3) is 0.500. The van der Waals surface area contributed by atoms with Gasteiger partial charge in [-0.05, 0) is 30.5 Å². The van der Waals surface area contributed by atoms with E-state index in [-0.39, 0.29) is 43.9 Å². The van der Waals surface area contributed by atoms with Crippen molar-refractivity contribution in [2.24, 2.45) is 7.05 Å². The molecule has 9 nitrogen and oxygen atoms in total. The molecule has 160 valence electrons. The number of carbonyl (C=O) groups excluding carboxylic acids is 2. The molecule has 1 aromatic heterocycles. The zero-order chi connectivity index (χ0) is 21.6. The smallest absolute Gasteiger partial charge is 0.329 e. The number of nitrogens with one attached hydrogen (secondary N) is 1. The fourth-order valence-electron chi connectivity index (χ4n) is 4.48. The number of carbonyl (C=O) groups is 3. The van der Waals surface area contributed by atoms with Gasteiger partial charge in [-0.25, -0.2) is 9.18 Å². The molecular formula is C20H23FN4O5. The highest BCUT2D eigenvalue weighted by molar-refractivity contribution is 6.00. The number of likely N-dealkylation sites (tertiary alicyclic amines) is 1. The van der Waals surface area contributed by atoms with Crippen LogP contribution in [-0.4, -0.2) is 62.7 Å². The minimum Gasteiger partial charge on any atom is -0.480 e. The Labute approximate surface area is 171 Å². The van der Waals surface area contributed by atoms with Gasteiger partial charge in [-0.3, -0.25) is 33.7 Å². The summed E-state index contributed by atoms with van der Waals surface area (Å²) in [6.45, 7) is 0.521. The second-order valence-corrected chi connectivity index (χ2v) is 7.97. The third kappa shape index (κ3) is 3.51. The van der Waals surface area contributed by atoms with Crippen LogP contribution in [0.25, 0.3) is 11.0 Å². The summed E-state index contributed by atoms with van der Waals surface area (Å²) in [6.07, 6.45) is -0.471. The van der Waals surface area contributed by atoms with Gasteiger partial charge in [-0.2, -0.15) is 0 Å². The first kappa shape index (κ1) is 20.3. The monoisotopic (exact) mass is 418 g/mol. The van der Waals surface area contributed by atoms with Crippen molar-refractivity contribution in [2.45, 2.75) is 37.4 Å². The summed E-state index contributed by atoms with van der Waals surface area (Å²) in [7, 11) is 1.58. The molecule has 2 aromatic rings. The average Bonchev–Trinajstić information content (AvgIpc) is 2.93. The number of imidazole rings is 1. The van der Waals surface area contributed by atoms with Gasteiger partial charge in [-0.15, -0.1) is 0 Å². The lowest BCUT2D eigenvalue weighted by atomic mass is 9.88. The number of hydrogen-bond acceptors (Lipinski definition) is 5. The van der Waals surface area contributed by atoms with Crippen molar-refractivity contribution >= 4 is 28.8 Å². The van der Waals surface area contributed by atoms with E-state index in [1.54, 1.807) is 30.1 Å². The first-order valence-corrected chi connectivity index (χ1v) is 9.89. The predicted octanol–water partition coefficient (Wildman–Crippen LogP) is 0.530. The van der Waals surface area contributed by atoms with Gasteiger partial charge < -0.3 is 5.11 Å². The van der Waals surface area contributed by atoms with Gasteiger partial charge in [0.2, 0.25) is 11.8 Å². The summed E-state index contributed by atoms with van der Waals surface area (Å²) < 4.78 is 17.5. The zero-order valence-electron chi connectivity index (χ0n) is 16.5. The Hall–Kier alpha value is -3.01. The van der Waals surface area contributed by atoms with Crippen LogP contribution in [0.2, 0.25) is 0 Å². The average molecular weight is 418 g/mol. The third-order valence-corrected chi connectivity index (χ3v) is 6.03. The number of nitrogens with zero attached hydrogens (tertiary/aromatic N) is 3. The van der Waals surface area contributed by atoms with E-state index < -0.39 is 30.0 Å². The van der Waals surface area contributed by atoms with Gasteiger partial charge in [0.05, 0.1) is 17.6 Å². The van der Waals surface area contributed by atoms with Crippen molar-refractivity contribution in [3.8, 4) is 0 Å². The molecule has 2 amide bonds. The SMILES string of the molecule is Cn1c(=O)n(C2CCC(=O)NC2=O)c2ccc(C3CN(CC(=O)O)CCC3F)cc21. The molecule has 1 aromatic carbocycles. The standard InChI is InChI=1S/C20H23FN4O5/c1-23-16-8-11(12-9-24(10-18(27)28)7-6-13(12)21)2-3-14(16)25(20(23)30)15-4-5-17(26)22-19(15)29/h2-3,8,12-13,15H,4-7,9-10H2,1H3,(H,27,28)(H,22,26,29). The molecule has 2 aliphatic heterocycles. The van der Waals surface area contributed by atoms with Gasteiger partial charge in [0.1, 0.15) is 12.2 Å². The number of amides is 2. The summed E-state index contributed by atoms with van der Waals surface area (Å²) in [6, 6.07) is 4.38. The molecule has 10 heteroatoms. The predicted molar refractivity (Wildman–Crippen MR) is 105 cm³/mol. The van der Waals surface area contributed by atoms with Crippen LogP contribution < -0.4 is 11.0 Å². The lowest BCUT2D eigenvalue weighted by molar-refractivity contribution is -0.139. The summed E-state index contributed by atoms with van der Waals surface area (Å²) in [5.41, 5.74) is 1.39. The number of piperidine rings is 2. The van der Waals surface area contributed by atoms with Crippen LogP contribution in [0.1, 0.15) is 36.8 Å². The van der Waals surface area contributed by atoms with E-state index in [4.69, 9.17) is 5.11 Å². The Morgan fingerprint density at radius 3 is 2.70 bits per heavy atom. The van der Waals surface area contributed by atoms with Crippen LogP contribution in [-0.2, 0) is 21.4 Å². The maximum Gasteiger partial charge on any atom is 0.329 e. The van der Waals surface area contributed by atoms with Crippen molar-refractivity contribution < 1.29 is 23.9 Å². The van der Waals surface area contributed by atoms with Crippen LogP contribution in [0.3, 0.4) is 0 Å². The number of aryl methyl sites for hydroxylation is 1. The molecule has 2 saturated heterocycles. The largest absolute Gasteiger partial charge is 0.480 e. The van der Waals surface area contributed by atoms with Gasteiger partial charge in [-0.1, -0.05) is 6.07 Å². The molecule has 0 radical (unpaired) electrons. The molecular weight excluding hydrogens is 395 g/mol. The Balaban J connectivity index is 1.71. The number of benzene rings is 1. The Kier molecular flexibility index (Phi) is 5.19. The van der Waals surface area contributed by atoms with Crippen LogP contribution in [0.15, 0.2) is 23.0 Å². The number of alkyl halides is 1. The second kappa shape index (κ2) is 7.67. The van der Waals surface area contributed by atoms with E-state index in [9.17, 15) is 23.6 Å². The Morgan fingerprint density at radius 2 is 2.00 bits per heavy atom. The van der Waals surface area contributed by atoms with E-state index in [2.05, 4.69) is 5.32 Å². The minimum absolute atomic E-state index is 0.143. The number of carboxylic acids is 1. The number of rotatable bonds is 4. The molecule has 30 heavy (non-hydrogen) atoms. The summed E-state index contributed by atoms with van der Waals surface area (Å²) in [5.74, 6) is -2.32. The highest BCUT2D eigenvalue weighted by Crippen LogP contribution is 2.32. The van der Waals surface area contributed by atoms with Gasteiger partial charge >= 0.3 is 11.7 Å². The quantitative estimate of drug-likeness (QED) is 0.701. The molecule has 0 aliphatic carbocycles. The Bertz CT molecular complexity index is 1090.